The number of nitrogens with zero attached hydrogens (tertiary/aromatic N) is 1. The van der Waals surface area contributed by atoms with E-state index in [1.165, 1.54) is 12.3 Å². The van der Waals surface area contributed by atoms with Gasteiger partial charge in [0.1, 0.15) is 5.82 Å². The van der Waals surface area contributed by atoms with Gasteiger partial charge in [-0.15, -0.1) is 0 Å². The van der Waals surface area contributed by atoms with Gasteiger partial charge >= 0.3 is 5.97 Å². The van der Waals surface area contributed by atoms with Gasteiger partial charge < -0.3 is 10.4 Å². The minimum absolute atomic E-state index is 0.107. The van der Waals surface area contributed by atoms with Crippen LogP contribution in [-0.2, 0) is 9.84 Å². The van der Waals surface area contributed by atoms with Crippen LogP contribution in [-0.4, -0.2) is 42.5 Å². The molecule has 0 aliphatic carbocycles. The smallest absolute Gasteiger partial charge is 0.337 e. The van der Waals surface area contributed by atoms with Crippen LogP contribution in [0.1, 0.15) is 16.8 Å². The lowest BCUT2D eigenvalue weighted by molar-refractivity contribution is 0.0696. The number of hydrogen-bond acceptors (Lipinski definition) is 5. The summed E-state index contributed by atoms with van der Waals surface area (Å²) >= 11 is 0. The van der Waals surface area contributed by atoms with Gasteiger partial charge in [-0.05, 0) is 24.5 Å². The molecular formula is C11H14N2O4S. The quantitative estimate of drug-likeness (QED) is 0.833. The SMILES string of the molecule is O=C(O)c1ccc(NCC2CCS(=O)(=O)C2)nc1. The molecular weight excluding hydrogens is 256 g/mol. The number of rotatable bonds is 4. The maximum atomic E-state index is 11.3. The van der Waals surface area contributed by atoms with Gasteiger partial charge in [0, 0.05) is 12.7 Å². The van der Waals surface area contributed by atoms with Gasteiger partial charge in [0.05, 0.1) is 17.1 Å². The number of carboxylic acids is 1. The molecule has 0 aromatic carbocycles. The van der Waals surface area contributed by atoms with Crippen molar-refractivity contribution in [3.8, 4) is 0 Å². The first-order valence-corrected chi connectivity index (χ1v) is 7.42. The standard InChI is InChI=1S/C11H14N2O4S/c14-11(15)9-1-2-10(13-6-9)12-5-8-3-4-18(16,17)7-8/h1-2,6,8H,3-5,7H2,(H,12,13)(H,14,15). The lowest BCUT2D eigenvalue weighted by atomic mass is 10.1. The lowest BCUT2D eigenvalue weighted by Gasteiger charge is -2.09. The number of nitrogens with one attached hydrogen (secondary N) is 1. The van der Waals surface area contributed by atoms with Gasteiger partial charge in [-0.1, -0.05) is 0 Å². The van der Waals surface area contributed by atoms with E-state index in [4.69, 9.17) is 5.11 Å². The van der Waals surface area contributed by atoms with E-state index in [1.807, 2.05) is 0 Å². The van der Waals surface area contributed by atoms with Crippen LogP contribution in [0.2, 0.25) is 0 Å². The van der Waals surface area contributed by atoms with Crippen LogP contribution in [0.15, 0.2) is 18.3 Å². The molecule has 1 atom stereocenters. The largest absolute Gasteiger partial charge is 0.478 e. The summed E-state index contributed by atoms with van der Waals surface area (Å²) in [6.07, 6.45) is 1.94. The molecule has 1 fully saturated rings. The molecule has 1 saturated heterocycles. The Bertz CT molecular complexity index is 539. The van der Waals surface area contributed by atoms with Gasteiger partial charge in [0.2, 0.25) is 0 Å². The van der Waals surface area contributed by atoms with Crippen molar-refractivity contribution in [2.45, 2.75) is 6.42 Å². The van der Waals surface area contributed by atoms with Gasteiger partial charge in [-0.2, -0.15) is 0 Å². The minimum atomic E-state index is -2.86. The van der Waals surface area contributed by atoms with Gasteiger partial charge in [0.25, 0.3) is 0 Å². The Morgan fingerprint density at radius 3 is 2.78 bits per heavy atom. The van der Waals surface area contributed by atoms with E-state index in [0.717, 1.165) is 0 Å². The van der Waals surface area contributed by atoms with Crippen LogP contribution in [0.25, 0.3) is 0 Å². The number of carbonyl (C=O) groups is 1. The lowest BCUT2D eigenvalue weighted by Crippen LogP contribution is -2.16. The second-order valence-electron chi connectivity index (χ2n) is 4.39. The first kappa shape index (κ1) is 12.8. The second-order valence-corrected chi connectivity index (χ2v) is 6.62. The highest BCUT2D eigenvalue weighted by molar-refractivity contribution is 7.91. The highest BCUT2D eigenvalue weighted by Crippen LogP contribution is 2.18. The van der Waals surface area contributed by atoms with E-state index in [-0.39, 0.29) is 23.0 Å². The molecule has 1 aliphatic heterocycles. The molecule has 0 spiro atoms. The fourth-order valence-electron chi connectivity index (χ4n) is 1.91. The van der Waals surface area contributed by atoms with E-state index in [1.54, 1.807) is 6.07 Å². The molecule has 0 radical (unpaired) electrons. The van der Waals surface area contributed by atoms with Gasteiger partial charge in [-0.3, -0.25) is 0 Å². The van der Waals surface area contributed by atoms with Gasteiger partial charge in [-0.25, -0.2) is 18.2 Å². The molecule has 2 heterocycles. The number of sulfone groups is 1. The summed E-state index contributed by atoms with van der Waals surface area (Å²) in [5.74, 6) is 0.119. The molecule has 1 unspecified atom stereocenters. The van der Waals surface area contributed by atoms with Crippen LogP contribution >= 0.6 is 0 Å². The molecule has 1 aliphatic rings. The minimum Gasteiger partial charge on any atom is -0.478 e. The third-order valence-corrected chi connectivity index (χ3v) is 4.75. The zero-order chi connectivity index (χ0) is 13.2. The van der Waals surface area contributed by atoms with Crippen molar-refractivity contribution >= 4 is 21.6 Å². The normalized spacial score (nSPS) is 21.7. The number of hydrogen-bond donors (Lipinski definition) is 2. The average molecular weight is 270 g/mol. The number of anilines is 1. The number of aromatic carboxylic acids is 1. The average Bonchev–Trinajstić information content (AvgIpc) is 2.67. The first-order chi connectivity index (χ1) is 8.46. The van der Waals surface area contributed by atoms with E-state index in [9.17, 15) is 13.2 Å². The summed E-state index contributed by atoms with van der Waals surface area (Å²) in [4.78, 5) is 14.6. The molecule has 2 N–H and O–H groups in total. The van der Waals surface area contributed by atoms with Crippen molar-refractivity contribution in [3.63, 3.8) is 0 Å². The Morgan fingerprint density at radius 1 is 1.50 bits per heavy atom. The molecule has 7 heteroatoms. The number of aromatic nitrogens is 1. The fourth-order valence-corrected chi connectivity index (χ4v) is 3.77. The van der Waals surface area contributed by atoms with Crippen molar-refractivity contribution < 1.29 is 18.3 Å². The van der Waals surface area contributed by atoms with E-state index in [0.29, 0.717) is 18.8 Å². The highest BCUT2D eigenvalue weighted by atomic mass is 32.2. The second kappa shape index (κ2) is 4.93. The Kier molecular flexibility index (Phi) is 3.51. The number of carboxylic acid groups (broad SMARTS) is 1. The third kappa shape index (κ3) is 3.19. The monoisotopic (exact) mass is 270 g/mol. The summed E-state index contributed by atoms with van der Waals surface area (Å²) in [7, 11) is -2.86. The van der Waals surface area contributed by atoms with Crippen molar-refractivity contribution in [1.29, 1.82) is 0 Å². The molecule has 1 aromatic heterocycles. The summed E-state index contributed by atoms with van der Waals surface area (Å²) in [6, 6.07) is 3.04. The molecule has 0 saturated carbocycles. The summed E-state index contributed by atoms with van der Waals surface area (Å²) < 4.78 is 22.5. The van der Waals surface area contributed by atoms with Crippen LogP contribution < -0.4 is 5.32 Å². The van der Waals surface area contributed by atoms with Crippen LogP contribution in [0.5, 0.6) is 0 Å². The maximum absolute atomic E-state index is 11.3. The molecule has 1 aromatic rings. The van der Waals surface area contributed by atoms with Gasteiger partial charge in [0.15, 0.2) is 9.84 Å². The maximum Gasteiger partial charge on any atom is 0.337 e. The zero-order valence-electron chi connectivity index (χ0n) is 9.67. The van der Waals surface area contributed by atoms with E-state index < -0.39 is 15.8 Å². The Balaban J connectivity index is 1.89. The summed E-state index contributed by atoms with van der Waals surface area (Å²) in [5, 5.41) is 11.7. The van der Waals surface area contributed by atoms with Crippen molar-refractivity contribution in [3.05, 3.63) is 23.9 Å². The Morgan fingerprint density at radius 2 is 2.28 bits per heavy atom. The third-order valence-electron chi connectivity index (χ3n) is 2.91. The van der Waals surface area contributed by atoms with Crippen LogP contribution in [0.4, 0.5) is 5.82 Å². The summed E-state index contributed by atoms with van der Waals surface area (Å²) in [5.41, 5.74) is 0.129. The van der Waals surface area contributed by atoms with Crippen LogP contribution in [0, 0.1) is 5.92 Å². The predicted molar refractivity (Wildman–Crippen MR) is 66.4 cm³/mol. The number of pyridine rings is 1. The zero-order valence-corrected chi connectivity index (χ0v) is 10.5. The predicted octanol–water partition coefficient (Wildman–Crippen LogP) is 0.626. The van der Waals surface area contributed by atoms with Crippen LogP contribution in [0.3, 0.4) is 0 Å². The molecule has 0 amide bonds. The highest BCUT2D eigenvalue weighted by Gasteiger charge is 2.27. The molecule has 98 valence electrons. The molecule has 6 nitrogen and oxygen atoms in total. The van der Waals surface area contributed by atoms with Crippen molar-refractivity contribution in [2.75, 3.05) is 23.4 Å². The Hall–Kier alpha value is -1.63. The summed E-state index contributed by atoms with van der Waals surface area (Å²) in [6.45, 7) is 0.540. The van der Waals surface area contributed by atoms with E-state index in [2.05, 4.69) is 10.3 Å². The first-order valence-electron chi connectivity index (χ1n) is 5.60. The van der Waals surface area contributed by atoms with Crippen molar-refractivity contribution in [1.82, 2.24) is 4.98 Å². The Labute approximate surface area is 105 Å². The topological polar surface area (TPSA) is 96.4 Å². The molecule has 2 rings (SSSR count). The molecule has 18 heavy (non-hydrogen) atoms. The fraction of sp³-hybridized carbons (Fsp3) is 0.455. The van der Waals surface area contributed by atoms with Crippen molar-refractivity contribution in [2.24, 2.45) is 5.92 Å². The van der Waals surface area contributed by atoms with E-state index >= 15 is 0 Å². The molecule has 0 bridgehead atoms.